The topological polar surface area (TPSA) is 60.9 Å². The zero-order chi connectivity index (χ0) is 12.4. The molecule has 0 bridgehead atoms. The molecule has 1 aromatic heterocycles. The highest BCUT2D eigenvalue weighted by molar-refractivity contribution is 6.67. The predicted octanol–water partition coefficient (Wildman–Crippen LogP) is 2.20. The fourth-order valence-electron chi connectivity index (χ4n) is 1.69. The van der Waals surface area contributed by atoms with Gasteiger partial charge in [0, 0.05) is 0 Å². The molecule has 2 aromatic rings. The number of hydrogen-bond donors (Lipinski definition) is 1. The van der Waals surface area contributed by atoms with Gasteiger partial charge in [-0.2, -0.15) is 0 Å². The summed E-state index contributed by atoms with van der Waals surface area (Å²) in [5.41, 5.74) is 7.06. The Labute approximate surface area is 104 Å². The lowest BCUT2D eigenvalue weighted by atomic mass is 10.2. The van der Waals surface area contributed by atoms with E-state index in [1.54, 1.807) is 11.5 Å². The van der Waals surface area contributed by atoms with Crippen LogP contribution in [-0.2, 0) is 6.54 Å². The molecule has 0 atom stereocenters. The molecule has 4 nitrogen and oxygen atoms in total. The number of aromatic nitrogens is 2. The number of aryl methyl sites for hydroxylation is 1. The Morgan fingerprint density at radius 1 is 1.41 bits per heavy atom. The molecular formula is C12H12ClN3O. The highest BCUT2D eigenvalue weighted by atomic mass is 35.5. The number of hydrogen-bond acceptors (Lipinski definition) is 3. The quantitative estimate of drug-likeness (QED) is 0.849. The molecule has 0 aliphatic heterocycles. The Hall–Kier alpha value is -1.81. The third kappa shape index (κ3) is 2.31. The number of imidazole rings is 1. The van der Waals surface area contributed by atoms with E-state index in [0.717, 1.165) is 5.56 Å². The van der Waals surface area contributed by atoms with E-state index >= 15 is 0 Å². The second kappa shape index (κ2) is 4.59. The summed E-state index contributed by atoms with van der Waals surface area (Å²) in [6.45, 7) is 2.37. The third-order valence-electron chi connectivity index (χ3n) is 2.57. The number of carbonyl (C=O) groups excluding carboxylic acids is 1. The molecule has 0 radical (unpaired) electrons. The molecule has 1 heterocycles. The lowest BCUT2D eigenvalue weighted by Crippen LogP contribution is -2.07. The standard InChI is InChI=1S/C12H12ClN3O/c1-8-15-10(11(13)17)12(14)16(8)7-9-5-3-2-4-6-9/h2-6H,7,14H2,1H3. The SMILES string of the molecule is Cc1nc(C(=O)Cl)c(N)n1Cc1ccccc1. The summed E-state index contributed by atoms with van der Waals surface area (Å²) in [7, 11) is 0. The summed E-state index contributed by atoms with van der Waals surface area (Å²) >= 11 is 5.40. The van der Waals surface area contributed by atoms with Crippen molar-refractivity contribution in [2.75, 3.05) is 5.73 Å². The van der Waals surface area contributed by atoms with Crippen LogP contribution >= 0.6 is 11.6 Å². The van der Waals surface area contributed by atoms with Crippen LogP contribution in [0.4, 0.5) is 5.82 Å². The molecule has 17 heavy (non-hydrogen) atoms. The van der Waals surface area contributed by atoms with Gasteiger partial charge in [-0.3, -0.25) is 4.79 Å². The zero-order valence-electron chi connectivity index (χ0n) is 9.35. The minimum absolute atomic E-state index is 0.125. The summed E-state index contributed by atoms with van der Waals surface area (Å²) in [5, 5.41) is -0.627. The van der Waals surface area contributed by atoms with Crippen molar-refractivity contribution in [1.82, 2.24) is 9.55 Å². The zero-order valence-corrected chi connectivity index (χ0v) is 10.1. The first-order chi connectivity index (χ1) is 8.09. The molecule has 2 N–H and O–H groups in total. The highest BCUT2D eigenvalue weighted by Gasteiger charge is 2.16. The van der Waals surface area contributed by atoms with E-state index < -0.39 is 5.24 Å². The third-order valence-corrected chi connectivity index (χ3v) is 2.75. The maximum Gasteiger partial charge on any atom is 0.274 e. The number of rotatable bonds is 3. The van der Waals surface area contributed by atoms with Gasteiger partial charge in [-0.1, -0.05) is 30.3 Å². The normalized spacial score (nSPS) is 10.5. The molecule has 0 unspecified atom stereocenters. The smallest absolute Gasteiger partial charge is 0.274 e. The van der Waals surface area contributed by atoms with Gasteiger partial charge in [0.2, 0.25) is 0 Å². The molecule has 88 valence electrons. The van der Waals surface area contributed by atoms with E-state index in [9.17, 15) is 4.79 Å². The molecule has 0 saturated heterocycles. The van der Waals surface area contributed by atoms with Gasteiger partial charge in [0.15, 0.2) is 5.69 Å². The Kier molecular flexibility index (Phi) is 3.15. The van der Waals surface area contributed by atoms with Gasteiger partial charge in [0.1, 0.15) is 11.6 Å². The largest absolute Gasteiger partial charge is 0.383 e. The van der Waals surface area contributed by atoms with E-state index in [4.69, 9.17) is 17.3 Å². The van der Waals surface area contributed by atoms with Gasteiger partial charge >= 0.3 is 0 Å². The second-order valence-electron chi connectivity index (χ2n) is 3.74. The first kappa shape index (κ1) is 11.7. The first-order valence-corrected chi connectivity index (χ1v) is 5.53. The lowest BCUT2D eigenvalue weighted by Gasteiger charge is -2.07. The average molecular weight is 250 g/mol. The van der Waals surface area contributed by atoms with Crippen molar-refractivity contribution in [1.29, 1.82) is 0 Å². The minimum Gasteiger partial charge on any atom is -0.383 e. The van der Waals surface area contributed by atoms with Crippen LogP contribution in [0.5, 0.6) is 0 Å². The maximum atomic E-state index is 11.1. The molecule has 1 aromatic carbocycles. The van der Waals surface area contributed by atoms with Crippen LogP contribution in [0.3, 0.4) is 0 Å². The Morgan fingerprint density at radius 2 is 2.06 bits per heavy atom. The van der Waals surface area contributed by atoms with Gasteiger partial charge in [-0.25, -0.2) is 4.98 Å². The van der Waals surface area contributed by atoms with Gasteiger partial charge < -0.3 is 10.3 Å². The van der Waals surface area contributed by atoms with Crippen LogP contribution in [0.15, 0.2) is 30.3 Å². The van der Waals surface area contributed by atoms with Crippen LogP contribution in [0, 0.1) is 6.92 Å². The van der Waals surface area contributed by atoms with Crippen molar-refractivity contribution in [3.8, 4) is 0 Å². The van der Waals surface area contributed by atoms with Crippen LogP contribution in [-0.4, -0.2) is 14.8 Å². The summed E-state index contributed by atoms with van der Waals surface area (Å²) in [4.78, 5) is 15.2. The molecule has 0 saturated carbocycles. The van der Waals surface area contributed by atoms with Crippen molar-refractivity contribution < 1.29 is 4.79 Å². The average Bonchev–Trinajstić information content (AvgIpc) is 2.58. The fraction of sp³-hybridized carbons (Fsp3) is 0.167. The molecule has 0 fully saturated rings. The highest BCUT2D eigenvalue weighted by Crippen LogP contribution is 2.17. The van der Waals surface area contributed by atoms with Gasteiger partial charge in [-0.05, 0) is 24.1 Å². The number of nitrogens with zero attached hydrogens (tertiary/aromatic N) is 2. The predicted molar refractivity (Wildman–Crippen MR) is 67.1 cm³/mol. The summed E-state index contributed by atoms with van der Waals surface area (Å²) < 4.78 is 1.77. The van der Waals surface area contributed by atoms with E-state index in [-0.39, 0.29) is 5.69 Å². The minimum atomic E-state index is -0.627. The van der Waals surface area contributed by atoms with E-state index in [1.165, 1.54) is 0 Å². The van der Waals surface area contributed by atoms with E-state index in [1.807, 2.05) is 30.3 Å². The molecule has 0 spiro atoms. The van der Waals surface area contributed by atoms with Crippen molar-refractivity contribution in [2.45, 2.75) is 13.5 Å². The summed E-state index contributed by atoms with van der Waals surface area (Å²) in [6.07, 6.45) is 0. The molecule has 5 heteroatoms. The maximum absolute atomic E-state index is 11.1. The molecule has 0 aliphatic carbocycles. The van der Waals surface area contributed by atoms with Gasteiger partial charge in [0.25, 0.3) is 5.24 Å². The monoisotopic (exact) mass is 249 g/mol. The van der Waals surface area contributed by atoms with Crippen molar-refractivity contribution in [3.05, 3.63) is 47.4 Å². The number of carbonyl (C=O) groups is 1. The van der Waals surface area contributed by atoms with Gasteiger partial charge in [0.05, 0.1) is 6.54 Å². The van der Waals surface area contributed by atoms with Crippen LogP contribution in [0.1, 0.15) is 21.9 Å². The van der Waals surface area contributed by atoms with Crippen molar-refractivity contribution in [3.63, 3.8) is 0 Å². The molecule has 0 amide bonds. The lowest BCUT2D eigenvalue weighted by molar-refractivity contribution is 0.107. The summed E-state index contributed by atoms with van der Waals surface area (Å²) in [6, 6.07) is 9.82. The van der Waals surface area contributed by atoms with Crippen LogP contribution < -0.4 is 5.73 Å². The van der Waals surface area contributed by atoms with E-state index in [2.05, 4.69) is 4.98 Å². The Balaban J connectivity index is 2.37. The van der Waals surface area contributed by atoms with Crippen LogP contribution in [0.2, 0.25) is 0 Å². The number of halogens is 1. The number of nitrogens with two attached hydrogens (primary N) is 1. The van der Waals surface area contributed by atoms with Crippen molar-refractivity contribution in [2.24, 2.45) is 0 Å². The van der Waals surface area contributed by atoms with Gasteiger partial charge in [-0.15, -0.1) is 0 Å². The van der Waals surface area contributed by atoms with Crippen molar-refractivity contribution >= 4 is 22.7 Å². The summed E-state index contributed by atoms with van der Waals surface area (Å²) in [5.74, 6) is 0.988. The number of benzene rings is 1. The molecule has 2 rings (SSSR count). The Bertz CT molecular complexity index is 548. The molecule has 0 aliphatic rings. The Morgan fingerprint density at radius 3 is 2.59 bits per heavy atom. The van der Waals surface area contributed by atoms with Crippen LogP contribution in [0.25, 0.3) is 0 Å². The second-order valence-corrected chi connectivity index (χ2v) is 4.08. The number of nitrogen functional groups attached to an aromatic ring is 1. The van der Waals surface area contributed by atoms with E-state index in [0.29, 0.717) is 18.2 Å². The first-order valence-electron chi connectivity index (χ1n) is 5.16. The number of anilines is 1. The molecular weight excluding hydrogens is 238 g/mol. The fourth-order valence-corrected chi connectivity index (χ4v) is 1.83.